The van der Waals surface area contributed by atoms with Gasteiger partial charge >= 0.3 is 0 Å². The van der Waals surface area contributed by atoms with Crippen molar-refractivity contribution in [1.29, 1.82) is 0 Å². The number of benzene rings is 3. The number of nitro groups is 1. The number of hydrazone groups is 1. The quantitative estimate of drug-likeness (QED) is 0.144. The summed E-state index contributed by atoms with van der Waals surface area (Å²) in [5, 5.41) is 21.3. The number of halogens is 1. The molecule has 0 bridgehead atoms. The van der Waals surface area contributed by atoms with Crippen molar-refractivity contribution in [2.24, 2.45) is 5.10 Å². The molecule has 35 heavy (non-hydrogen) atoms. The fourth-order valence-corrected chi connectivity index (χ4v) is 3.31. The summed E-state index contributed by atoms with van der Waals surface area (Å²) in [5.74, 6) is 1.38. The molecule has 12 heteroatoms. The van der Waals surface area contributed by atoms with Gasteiger partial charge < -0.3 is 15.4 Å². The Balaban J connectivity index is 1.58. The van der Waals surface area contributed by atoms with Gasteiger partial charge in [0.15, 0.2) is 0 Å². The standard InChI is InChI=1S/C23H19BrN8O3/c1-35-20-11-7-18(8-12-20)27-22-28-21(26-17-5-9-19(10-6-17)32(33)34)29-23(30-22)31-25-14-15-3-2-4-16(24)13-15/h2-14H,1H3,(H3,26,27,28,29,30,31). The van der Waals surface area contributed by atoms with Gasteiger partial charge in [-0.05, 0) is 54.1 Å². The van der Waals surface area contributed by atoms with Crippen LogP contribution in [0.1, 0.15) is 5.56 Å². The first-order chi connectivity index (χ1) is 17.0. The number of nitrogens with zero attached hydrogens (tertiary/aromatic N) is 5. The predicted octanol–water partition coefficient (Wildman–Crippen LogP) is 5.48. The Morgan fingerprint density at radius 1 is 0.914 bits per heavy atom. The van der Waals surface area contributed by atoms with Crippen molar-refractivity contribution in [2.75, 3.05) is 23.2 Å². The Morgan fingerprint density at radius 3 is 2.09 bits per heavy atom. The maximum atomic E-state index is 10.9. The fraction of sp³-hybridized carbons (Fsp3) is 0.0435. The number of methoxy groups -OCH3 is 1. The Bertz CT molecular complexity index is 1350. The van der Waals surface area contributed by atoms with Crippen LogP contribution < -0.4 is 20.8 Å². The van der Waals surface area contributed by atoms with Gasteiger partial charge in [-0.1, -0.05) is 28.1 Å². The summed E-state index contributed by atoms with van der Waals surface area (Å²) in [6.45, 7) is 0. The predicted molar refractivity (Wildman–Crippen MR) is 138 cm³/mol. The molecule has 11 nitrogen and oxygen atoms in total. The molecule has 4 aromatic rings. The molecule has 0 unspecified atom stereocenters. The van der Waals surface area contributed by atoms with Gasteiger partial charge in [-0.3, -0.25) is 10.1 Å². The number of aromatic nitrogens is 3. The molecule has 3 N–H and O–H groups in total. The van der Waals surface area contributed by atoms with Crippen molar-refractivity contribution in [3.8, 4) is 5.75 Å². The normalized spacial score (nSPS) is 10.7. The fourth-order valence-electron chi connectivity index (χ4n) is 2.89. The average molecular weight is 535 g/mol. The van der Waals surface area contributed by atoms with Crippen LogP contribution in [0.3, 0.4) is 0 Å². The third-order valence-electron chi connectivity index (χ3n) is 4.54. The van der Waals surface area contributed by atoms with Crippen LogP contribution in [-0.4, -0.2) is 33.2 Å². The van der Waals surface area contributed by atoms with E-state index in [0.717, 1.165) is 21.5 Å². The van der Waals surface area contributed by atoms with E-state index < -0.39 is 4.92 Å². The summed E-state index contributed by atoms with van der Waals surface area (Å²) in [6.07, 6.45) is 1.63. The molecule has 1 heterocycles. The highest BCUT2D eigenvalue weighted by Gasteiger charge is 2.09. The van der Waals surface area contributed by atoms with Gasteiger partial charge in [0.2, 0.25) is 17.8 Å². The van der Waals surface area contributed by atoms with Crippen LogP contribution in [0.2, 0.25) is 0 Å². The summed E-state index contributed by atoms with van der Waals surface area (Å²) in [6, 6.07) is 20.8. The van der Waals surface area contributed by atoms with E-state index >= 15 is 0 Å². The van der Waals surface area contributed by atoms with Gasteiger partial charge in [-0.25, -0.2) is 5.43 Å². The second-order valence-corrected chi connectivity index (χ2v) is 7.93. The van der Waals surface area contributed by atoms with Gasteiger partial charge in [0, 0.05) is 28.0 Å². The third-order valence-corrected chi connectivity index (χ3v) is 5.04. The van der Waals surface area contributed by atoms with Gasteiger partial charge in [0.05, 0.1) is 18.2 Å². The zero-order valence-corrected chi connectivity index (χ0v) is 19.9. The Labute approximate surface area is 208 Å². The van der Waals surface area contributed by atoms with E-state index in [-0.39, 0.29) is 23.5 Å². The van der Waals surface area contributed by atoms with Crippen LogP contribution in [0.15, 0.2) is 82.4 Å². The number of non-ortho nitro benzene ring substituents is 1. The molecule has 0 aliphatic rings. The molecule has 0 fully saturated rings. The van der Waals surface area contributed by atoms with Crippen molar-refractivity contribution in [3.05, 3.63) is 92.9 Å². The van der Waals surface area contributed by atoms with Crippen LogP contribution in [0.25, 0.3) is 0 Å². The van der Waals surface area contributed by atoms with Gasteiger partial charge in [-0.15, -0.1) is 0 Å². The first-order valence-corrected chi connectivity index (χ1v) is 11.0. The lowest BCUT2D eigenvalue weighted by atomic mass is 10.2. The smallest absolute Gasteiger partial charge is 0.269 e. The van der Waals surface area contributed by atoms with Crippen LogP contribution in [0.4, 0.5) is 34.9 Å². The highest BCUT2D eigenvalue weighted by molar-refractivity contribution is 9.10. The van der Waals surface area contributed by atoms with E-state index in [9.17, 15) is 10.1 Å². The lowest BCUT2D eigenvalue weighted by Gasteiger charge is -2.10. The molecule has 4 rings (SSSR count). The average Bonchev–Trinajstić information content (AvgIpc) is 2.85. The molecule has 0 radical (unpaired) electrons. The van der Waals surface area contributed by atoms with E-state index in [2.05, 4.69) is 52.0 Å². The van der Waals surface area contributed by atoms with E-state index in [1.165, 1.54) is 12.1 Å². The maximum Gasteiger partial charge on any atom is 0.269 e. The van der Waals surface area contributed by atoms with Crippen molar-refractivity contribution in [3.63, 3.8) is 0 Å². The zero-order chi connectivity index (χ0) is 24.6. The van der Waals surface area contributed by atoms with Crippen LogP contribution in [-0.2, 0) is 0 Å². The lowest BCUT2D eigenvalue weighted by Crippen LogP contribution is -2.07. The minimum absolute atomic E-state index is 0.0164. The van der Waals surface area contributed by atoms with E-state index in [1.807, 2.05) is 36.4 Å². The zero-order valence-electron chi connectivity index (χ0n) is 18.3. The molecule has 0 aliphatic carbocycles. The SMILES string of the molecule is COc1ccc(Nc2nc(NN=Cc3cccc(Br)c3)nc(Nc3ccc([N+](=O)[O-])cc3)n2)cc1. The van der Waals surface area contributed by atoms with E-state index in [0.29, 0.717) is 5.69 Å². The van der Waals surface area contributed by atoms with E-state index in [4.69, 9.17) is 4.74 Å². The molecule has 1 aromatic heterocycles. The van der Waals surface area contributed by atoms with Crippen molar-refractivity contribution in [2.45, 2.75) is 0 Å². The number of ether oxygens (including phenoxy) is 1. The Morgan fingerprint density at radius 2 is 1.51 bits per heavy atom. The monoisotopic (exact) mass is 534 g/mol. The lowest BCUT2D eigenvalue weighted by molar-refractivity contribution is -0.384. The van der Waals surface area contributed by atoms with Crippen molar-refractivity contribution >= 4 is 57.1 Å². The number of hydrogen-bond acceptors (Lipinski definition) is 10. The third kappa shape index (κ3) is 6.71. The van der Waals surface area contributed by atoms with Crippen molar-refractivity contribution in [1.82, 2.24) is 15.0 Å². The molecule has 0 atom stereocenters. The number of nitrogens with one attached hydrogen (secondary N) is 3. The number of nitro benzene ring substituents is 1. The number of hydrogen-bond donors (Lipinski definition) is 3. The summed E-state index contributed by atoms with van der Waals surface area (Å²) in [5.41, 5.74) is 4.98. The molecule has 176 valence electrons. The first kappa shape index (κ1) is 23.6. The Hall–Kier alpha value is -4.58. The molecule has 3 aromatic carbocycles. The minimum atomic E-state index is -0.463. The topological polar surface area (TPSA) is 139 Å². The minimum Gasteiger partial charge on any atom is -0.497 e. The van der Waals surface area contributed by atoms with Crippen molar-refractivity contribution < 1.29 is 9.66 Å². The van der Waals surface area contributed by atoms with Gasteiger partial charge in [-0.2, -0.15) is 20.1 Å². The van der Waals surface area contributed by atoms with Crippen LogP contribution >= 0.6 is 15.9 Å². The number of anilines is 5. The van der Waals surface area contributed by atoms with Gasteiger partial charge in [0.1, 0.15) is 5.75 Å². The molecule has 0 aliphatic heterocycles. The summed E-state index contributed by atoms with van der Waals surface area (Å²) < 4.78 is 6.12. The Kier molecular flexibility index (Phi) is 7.43. The highest BCUT2D eigenvalue weighted by Crippen LogP contribution is 2.22. The molecule has 0 saturated carbocycles. The first-order valence-electron chi connectivity index (χ1n) is 10.2. The summed E-state index contributed by atoms with van der Waals surface area (Å²) in [4.78, 5) is 23.6. The maximum absolute atomic E-state index is 10.9. The van der Waals surface area contributed by atoms with Gasteiger partial charge in [0.25, 0.3) is 5.69 Å². The largest absolute Gasteiger partial charge is 0.497 e. The molecule has 0 saturated heterocycles. The van der Waals surface area contributed by atoms with Crippen LogP contribution in [0.5, 0.6) is 5.75 Å². The second kappa shape index (κ2) is 11.0. The molecule has 0 amide bonds. The van der Waals surface area contributed by atoms with E-state index in [1.54, 1.807) is 37.6 Å². The second-order valence-electron chi connectivity index (χ2n) is 7.01. The number of rotatable bonds is 9. The molecular formula is C23H19BrN8O3. The molecule has 0 spiro atoms. The highest BCUT2D eigenvalue weighted by atomic mass is 79.9. The van der Waals surface area contributed by atoms with Crippen LogP contribution in [0, 0.1) is 10.1 Å². The molecular weight excluding hydrogens is 516 g/mol. The summed E-state index contributed by atoms with van der Waals surface area (Å²) >= 11 is 3.43. The summed E-state index contributed by atoms with van der Waals surface area (Å²) in [7, 11) is 1.59.